The normalized spacial score (nSPS) is 22.0. The Kier molecular flexibility index (Phi) is 6.61. The fourth-order valence-corrected chi connectivity index (χ4v) is 6.87. The second-order valence-electron chi connectivity index (χ2n) is 12.1. The predicted octanol–water partition coefficient (Wildman–Crippen LogP) is 8.31. The number of phenols is 1. The predicted molar refractivity (Wildman–Crippen MR) is 148 cm³/mol. The zero-order valence-electron chi connectivity index (χ0n) is 22.4. The molecule has 1 aliphatic heterocycles. The number of nitrogens with zero attached hydrogens (tertiary/aromatic N) is 1. The van der Waals surface area contributed by atoms with Crippen LogP contribution in [0.25, 0.3) is 0 Å². The highest BCUT2D eigenvalue weighted by Gasteiger charge is 2.41. The van der Waals surface area contributed by atoms with Crippen LogP contribution in [0.5, 0.6) is 5.75 Å². The molecule has 0 radical (unpaired) electrons. The molecule has 3 aromatic rings. The Morgan fingerprint density at radius 2 is 1.58 bits per heavy atom. The second-order valence-corrected chi connectivity index (χ2v) is 12.1. The Morgan fingerprint density at radius 1 is 0.917 bits per heavy atom. The van der Waals surface area contributed by atoms with Crippen molar-refractivity contribution in [2.24, 2.45) is 11.8 Å². The van der Waals surface area contributed by atoms with Crippen LogP contribution in [-0.2, 0) is 5.41 Å². The molecule has 3 aromatic carbocycles. The molecule has 0 spiro atoms. The van der Waals surface area contributed by atoms with Crippen molar-refractivity contribution in [3.8, 4) is 5.75 Å². The largest absolute Gasteiger partial charge is 0.508 e. The van der Waals surface area contributed by atoms with Gasteiger partial charge in [0.25, 0.3) is 0 Å². The number of aryl methyl sites for hydroxylation is 1. The van der Waals surface area contributed by atoms with Gasteiger partial charge < -0.3 is 10.0 Å². The van der Waals surface area contributed by atoms with Gasteiger partial charge >= 0.3 is 0 Å². The van der Waals surface area contributed by atoms with Gasteiger partial charge in [-0.3, -0.25) is 0 Å². The Labute approximate surface area is 216 Å². The number of hydrogen-bond acceptors (Lipinski definition) is 2. The number of anilines is 1. The molecule has 0 amide bonds. The summed E-state index contributed by atoms with van der Waals surface area (Å²) in [5.74, 6) is 2.11. The summed E-state index contributed by atoms with van der Waals surface area (Å²) in [6, 6.07) is 20.3. The molecule has 5 rings (SSSR count). The zero-order valence-corrected chi connectivity index (χ0v) is 22.4. The molecule has 1 saturated heterocycles. The van der Waals surface area contributed by atoms with Crippen LogP contribution in [0.3, 0.4) is 0 Å². The minimum absolute atomic E-state index is 0.100. The van der Waals surface area contributed by atoms with Crippen molar-refractivity contribution in [3.05, 3.63) is 94.3 Å². The van der Waals surface area contributed by atoms with E-state index in [1.165, 1.54) is 40.8 Å². The summed E-state index contributed by atoms with van der Waals surface area (Å²) >= 11 is 0. The number of piperidine rings is 1. The average Bonchev–Trinajstić information content (AvgIpc) is 2.84. The summed E-state index contributed by atoms with van der Waals surface area (Å²) in [5.41, 5.74) is 7.19. The van der Waals surface area contributed by atoms with Crippen LogP contribution >= 0.6 is 0 Å². The van der Waals surface area contributed by atoms with Crippen LogP contribution in [0.2, 0.25) is 0 Å². The molecule has 1 fully saturated rings. The SMILES string of the molecule is Cc1cc(F)ccc1C1CC(C)(C)c2cc(O)ccc2C1c1ccc(N2CCC(C(C)C)CC2)cc1. The molecular weight excluding hydrogens is 445 g/mol. The van der Waals surface area contributed by atoms with Gasteiger partial charge in [-0.25, -0.2) is 4.39 Å². The maximum atomic E-state index is 14.0. The highest BCUT2D eigenvalue weighted by Crippen LogP contribution is 2.54. The second kappa shape index (κ2) is 9.57. The van der Waals surface area contributed by atoms with E-state index in [9.17, 15) is 9.50 Å². The zero-order chi connectivity index (χ0) is 25.6. The van der Waals surface area contributed by atoms with Gasteiger partial charge in [-0.05, 0) is 114 Å². The van der Waals surface area contributed by atoms with E-state index in [1.54, 1.807) is 12.1 Å². The third-order valence-electron chi connectivity index (χ3n) is 8.96. The quantitative estimate of drug-likeness (QED) is 0.402. The van der Waals surface area contributed by atoms with Crippen LogP contribution in [0, 0.1) is 24.6 Å². The first-order chi connectivity index (χ1) is 17.1. The van der Waals surface area contributed by atoms with E-state index in [4.69, 9.17) is 0 Å². The van der Waals surface area contributed by atoms with Crippen molar-refractivity contribution in [3.63, 3.8) is 0 Å². The molecule has 1 heterocycles. The van der Waals surface area contributed by atoms with Gasteiger partial charge in [0.1, 0.15) is 11.6 Å². The lowest BCUT2D eigenvalue weighted by Crippen LogP contribution is -2.35. The lowest BCUT2D eigenvalue weighted by Gasteiger charge is -2.44. The van der Waals surface area contributed by atoms with E-state index in [1.807, 2.05) is 25.1 Å². The third kappa shape index (κ3) is 4.65. The van der Waals surface area contributed by atoms with Gasteiger partial charge in [0, 0.05) is 24.7 Å². The molecular formula is C33H40FNO. The van der Waals surface area contributed by atoms with Gasteiger partial charge in [-0.15, -0.1) is 0 Å². The highest BCUT2D eigenvalue weighted by atomic mass is 19.1. The molecule has 2 aliphatic rings. The Hall–Kier alpha value is -2.81. The fourth-order valence-electron chi connectivity index (χ4n) is 6.87. The third-order valence-corrected chi connectivity index (χ3v) is 8.96. The standard InChI is InChI=1S/C33H40FNO/c1-21(2)23-14-16-35(17-15-23)26-9-6-24(7-10-26)32-29-13-11-27(36)19-31(29)33(4,5)20-30(32)28-12-8-25(34)18-22(28)3/h6-13,18-19,21,23,30,32,36H,14-17,20H2,1-5H3. The molecule has 2 unspecified atom stereocenters. The molecule has 0 aromatic heterocycles. The maximum Gasteiger partial charge on any atom is 0.123 e. The highest BCUT2D eigenvalue weighted by molar-refractivity contribution is 5.54. The molecule has 3 heteroatoms. The molecule has 2 nitrogen and oxygen atoms in total. The number of fused-ring (bicyclic) bond motifs is 1. The summed E-state index contributed by atoms with van der Waals surface area (Å²) in [6.07, 6.45) is 3.46. The van der Waals surface area contributed by atoms with Crippen molar-refractivity contribution in [1.82, 2.24) is 0 Å². The van der Waals surface area contributed by atoms with Crippen molar-refractivity contribution in [2.75, 3.05) is 18.0 Å². The maximum absolute atomic E-state index is 14.0. The van der Waals surface area contributed by atoms with E-state index in [0.29, 0.717) is 5.75 Å². The van der Waals surface area contributed by atoms with E-state index in [2.05, 4.69) is 62.9 Å². The minimum Gasteiger partial charge on any atom is -0.508 e. The van der Waals surface area contributed by atoms with Crippen molar-refractivity contribution in [1.29, 1.82) is 0 Å². The van der Waals surface area contributed by atoms with Crippen LogP contribution in [0.1, 0.15) is 86.6 Å². The number of hydrogen-bond donors (Lipinski definition) is 1. The number of aromatic hydroxyl groups is 1. The Bertz CT molecular complexity index is 1220. The fraction of sp³-hybridized carbons (Fsp3) is 0.455. The molecule has 1 N–H and O–H groups in total. The van der Waals surface area contributed by atoms with Gasteiger partial charge in [0.05, 0.1) is 0 Å². The lowest BCUT2D eigenvalue weighted by molar-refractivity contribution is 0.311. The van der Waals surface area contributed by atoms with Crippen molar-refractivity contribution in [2.45, 2.75) is 71.1 Å². The Morgan fingerprint density at radius 3 is 2.22 bits per heavy atom. The Balaban J connectivity index is 1.53. The van der Waals surface area contributed by atoms with Crippen molar-refractivity contribution >= 4 is 5.69 Å². The summed E-state index contributed by atoms with van der Waals surface area (Å²) in [5, 5.41) is 10.3. The summed E-state index contributed by atoms with van der Waals surface area (Å²) in [6.45, 7) is 13.5. The van der Waals surface area contributed by atoms with Gasteiger partial charge in [0.2, 0.25) is 0 Å². The minimum atomic E-state index is -0.182. The molecule has 190 valence electrons. The molecule has 1 aliphatic carbocycles. The van der Waals surface area contributed by atoms with E-state index in [0.717, 1.165) is 36.9 Å². The number of halogens is 1. The first-order valence-corrected chi connectivity index (χ1v) is 13.6. The molecule has 36 heavy (non-hydrogen) atoms. The summed E-state index contributed by atoms with van der Waals surface area (Å²) in [4.78, 5) is 2.53. The number of benzene rings is 3. The van der Waals surface area contributed by atoms with E-state index < -0.39 is 0 Å². The van der Waals surface area contributed by atoms with Gasteiger partial charge in [0.15, 0.2) is 0 Å². The summed E-state index contributed by atoms with van der Waals surface area (Å²) in [7, 11) is 0. The van der Waals surface area contributed by atoms with Crippen LogP contribution in [-0.4, -0.2) is 18.2 Å². The van der Waals surface area contributed by atoms with Crippen LogP contribution < -0.4 is 4.90 Å². The molecule has 0 saturated carbocycles. The van der Waals surface area contributed by atoms with Crippen LogP contribution in [0.15, 0.2) is 60.7 Å². The van der Waals surface area contributed by atoms with Crippen molar-refractivity contribution < 1.29 is 9.50 Å². The molecule has 2 atom stereocenters. The topological polar surface area (TPSA) is 23.5 Å². The average molecular weight is 486 g/mol. The van der Waals surface area contributed by atoms with Gasteiger partial charge in [-0.1, -0.05) is 52.0 Å². The van der Waals surface area contributed by atoms with E-state index in [-0.39, 0.29) is 23.1 Å². The first-order valence-electron chi connectivity index (χ1n) is 13.6. The monoisotopic (exact) mass is 485 g/mol. The van der Waals surface area contributed by atoms with E-state index >= 15 is 0 Å². The van der Waals surface area contributed by atoms with Gasteiger partial charge in [-0.2, -0.15) is 0 Å². The lowest BCUT2D eigenvalue weighted by atomic mass is 9.60. The molecule has 0 bridgehead atoms. The van der Waals surface area contributed by atoms with Crippen LogP contribution in [0.4, 0.5) is 10.1 Å². The smallest absolute Gasteiger partial charge is 0.123 e. The first kappa shape index (κ1) is 24.9. The summed E-state index contributed by atoms with van der Waals surface area (Å²) < 4.78 is 14.0. The number of rotatable bonds is 4. The number of phenolic OH excluding ortho intramolecular Hbond substituents is 1.